The number of rotatable bonds is 4. The molecule has 0 fully saturated rings. The quantitative estimate of drug-likeness (QED) is 0.437. The number of carbonyl (C=O) groups excluding carboxylic acids is 1. The van der Waals surface area contributed by atoms with Crippen LogP contribution in [0, 0.1) is 0 Å². The van der Waals surface area contributed by atoms with E-state index in [0.717, 1.165) is 6.42 Å². The summed E-state index contributed by atoms with van der Waals surface area (Å²) in [6, 6.07) is 0. The summed E-state index contributed by atoms with van der Waals surface area (Å²) < 4.78 is 18.4. The zero-order valence-electron chi connectivity index (χ0n) is 10.4. The Morgan fingerprint density at radius 2 is 2.33 bits per heavy atom. The number of carbonyl (C=O) groups is 1. The minimum atomic E-state index is -0.774. The van der Waals surface area contributed by atoms with Gasteiger partial charge in [-0.3, -0.25) is 4.99 Å². The number of hydrogen-bond acceptors (Lipinski definition) is 4. The molecule has 0 spiro atoms. The van der Waals surface area contributed by atoms with Crippen molar-refractivity contribution in [1.29, 1.82) is 0 Å². The molecule has 1 aliphatic rings. The van der Waals surface area contributed by atoms with Crippen LogP contribution < -0.4 is 0 Å². The zero-order chi connectivity index (χ0) is 13.5. The monoisotopic (exact) mass is 250 g/mol. The molecular formula is C13H15FN2O2. The Labute approximate surface area is 105 Å². The van der Waals surface area contributed by atoms with E-state index in [2.05, 4.69) is 21.3 Å². The molecule has 0 unspecified atom stereocenters. The number of nitrogens with zero attached hydrogens (tertiary/aromatic N) is 2. The molecule has 0 aliphatic carbocycles. The van der Waals surface area contributed by atoms with Crippen molar-refractivity contribution in [1.82, 2.24) is 0 Å². The molecular weight excluding hydrogens is 235 g/mol. The van der Waals surface area contributed by atoms with Gasteiger partial charge in [-0.15, -0.1) is 0 Å². The zero-order valence-corrected chi connectivity index (χ0v) is 10.4. The van der Waals surface area contributed by atoms with Gasteiger partial charge in [-0.2, -0.15) is 0 Å². The van der Waals surface area contributed by atoms with Crippen LogP contribution >= 0.6 is 0 Å². The van der Waals surface area contributed by atoms with Crippen LogP contribution in [-0.2, 0) is 9.53 Å². The Hall–Kier alpha value is -2.04. The van der Waals surface area contributed by atoms with E-state index in [4.69, 9.17) is 0 Å². The van der Waals surface area contributed by atoms with Crippen LogP contribution in [0.5, 0.6) is 0 Å². The first-order chi connectivity index (χ1) is 8.65. The lowest BCUT2D eigenvalue weighted by atomic mass is 10.1. The van der Waals surface area contributed by atoms with Gasteiger partial charge in [0.05, 0.1) is 7.11 Å². The SMILES string of the molecule is C=C/C(C1=NCCC=N1)=C(C(=O)OC)\C(F)=C/C. The number of esters is 1. The van der Waals surface area contributed by atoms with Crippen LogP contribution in [0.2, 0.25) is 0 Å². The normalized spacial score (nSPS) is 16.8. The molecule has 0 aromatic heterocycles. The molecule has 96 valence electrons. The van der Waals surface area contributed by atoms with Gasteiger partial charge >= 0.3 is 5.97 Å². The number of aliphatic imine (C=N–C) groups is 2. The molecule has 5 heteroatoms. The molecule has 0 radical (unpaired) electrons. The van der Waals surface area contributed by atoms with Crippen molar-refractivity contribution in [2.75, 3.05) is 13.7 Å². The maximum absolute atomic E-state index is 13.8. The second-order valence-electron chi connectivity index (χ2n) is 3.43. The molecule has 0 saturated carbocycles. The predicted octanol–water partition coefficient (Wildman–Crippen LogP) is 2.39. The van der Waals surface area contributed by atoms with Crippen LogP contribution in [0.15, 0.2) is 45.7 Å². The Bertz CT molecular complexity index is 473. The molecule has 18 heavy (non-hydrogen) atoms. The third kappa shape index (κ3) is 3.00. The van der Waals surface area contributed by atoms with E-state index in [9.17, 15) is 9.18 Å². The summed E-state index contributed by atoms with van der Waals surface area (Å²) in [6.07, 6.45) is 4.95. The molecule has 0 aromatic carbocycles. The standard InChI is InChI=1S/C13H15FN2O2/c1-4-9(12-15-7-6-8-16-12)11(10(14)5-2)13(17)18-3/h4-5,7H,1,6,8H2,2-3H3/b10-5+,11-9-. The smallest absolute Gasteiger partial charge is 0.341 e. The Kier molecular flexibility index (Phi) is 5.17. The lowest BCUT2D eigenvalue weighted by molar-refractivity contribution is -0.136. The molecule has 0 bridgehead atoms. The topological polar surface area (TPSA) is 51.0 Å². The number of hydrogen-bond donors (Lipinski definition) is 0. The summed E-state index contributed by atoms with van der Waals surface area (Å²) in [7, 11) is 1.19. The van der Waals surface area contributed by atoms with Gasteiger partial charge < -0.3 is 4.74 Å². The molecule has 0 amide bonds. The van der Waals surface area contributed by atoms with Crippen LogP contribution in [0.25, 0.3) is 0 Å². The highest BCUT2D eigenvalue weighted by Crippen LogP contribution is 2.21. The van der Waals surface area contributed by atoms with Gasteiger partial charge in [0.2, 0.25) is 0 Å². The van der Waals surface area contributed by atoms with E-state index >= 15 is 0 Å². The maximum Gasteiger partial charge on any atom is 0.341 e. The van der Waals surface area contributed by atoms with Crippen LogP contribution in [0.3, 0.4) is 0 Å². The van der Waals surface area contributed by atoms with Gasteiger partial charge in [-0.1, -0.05) is 18.7 Å². The molecule has 1 heterocycles. The van der Waals surface area contributed by atoms with Gasteiger partial charge in [-0.25, -0.2) is 14.2 Å². The molecule has 1 aliphatic heterocycles. The van der Waals surface area contributed by atoms with E-state index in [0.29, 0.717) is 12.4 Å². The summed E-state index contributed by atoms with van der Waals surface area (Å²) >= 11 is 0. The number of methoxy groups -OCH3 is 1. The third-order valence-electron chi connectivity index (χ3n) is 2.33. The fourth-order valence-corrected chi connectivity index (χ4v) is 1.46. The van der Waals surface area contributed by atoms with Crippen LogP contribution in [0.4, 0.5) is 4.39 Å². The highest BCUT2D eigenvalue weighted by Gasteiger charge is 2.22. The summed E-state index contributed by atoms with van der Waals surface area (Å²) in [5.74, 6) is -1.15. The van der Waals surface area contributed by atoms with Crippen molar-refractivity contribution in [3.63, 3.8) is 0 Å². The lowest BCUT2D eigenvalue weighted by Gasteiger charge is -2.11. The number of amidine groups is 1. The molecule has 0 N–H and O–H groups in total. The van der Waals surface area contributed by atoms with Crippen molar-refractivity contribution < 1.29 is 13.9 Å². The highest BCUT2D eigenvalue weighted by molar-refractivity contribution is 6.12. The van der Waals surface area contributed by atoms with Crippen molar-refractivity contribution in [3.05, 3.63) is 35.7 Å². The van der Waals surface area contributed by atoms with Crippen LogP contribution in [-0.4, -0.2) is 31.7 Å². The Morgan fingerprint density at radius 1 is 1.61 bits per heavy atom. The van der Waals surface area contributed by atoms with E-state index in [1.165, 1.54) is 26.2 Å². The second-order valence-corrected chi connectivity index (χ2v) is 3.43. The Morgan fingerprint density at radius 3 is 2.78 bits per heavy atom. The second kappa shape index (κ2) is 6.64. The first-order valence-corrected chi connectivity index (χ1v) is 5.50. The summed E-state index contributed by atoms with van der Waals surface area (Å²) in [6.45, 7) is 5.62. The molecule has 0 aromatic rings. The fraction of sp³-hybridized carbons (Fsp3) is 0.308. The molecule has 0 atom stereocenters. The predicted molar refractivity (Wildman–Crippen MR) is 69.5 cm³/mol. The van der Waals surface area contributed by atoms with E-state index in [1.54, 1.807) is 6.21 Å². The number of ether oxygens (including phenoxy) is 1. The van der Waals surface area contributed by atoms with Crippen LogP contribution in [0.1, 0.15) is 13.3 Å². The average Bonchev–Trinajstić information content (AvgIpc) is 2.44. The molecule has 1 rings (SSSR count). The lowest BCUT2D eigenvalue weighted by Crippen LogP contribution is -2.14. The highest BCUT2D eigenvalue weighted by atomic mass is 19.1. The average molecular weight is 250 g/mol. The summed E-state index contributed by atoms with van der Waals surface area (Å²) in [5, 5.41) is 0. The van der Waals surface area contributed by atoms with Gasteiger partial charge in [0, 0.05) is 24.8 Å². The first kappa shape index (κ1) is 14.0. The van der Waals surface area contributed by atoms with Gasteiger partial charge in [-0.05, 0) is 6.92 Å². The first-order valence-electron chi connectivity index (χ1n) is 5.50. The molecule has 4 nitrogen and oxygen atoms in total. The van der Waals surface area contributed by atoms with Gasteiger partial charge in [0.1, 0.15) is 11.4 Å². The molecule has 0 saturated heterocycles. The minimum Gasteiger partial charge on any atom is -0.465 e. The van der Waals surface area contributed by atoms with E-state index in [-0.39, 0.29) is 11.1 Å². The summed E-state index contributed by atoms with van der Waals surface area (Å²) in [5.41, 5.74) is 0.0428. The Balaban J connectivity index is 3.38. The maximum atomic E-state index is 13.8. The van der Waals surface area contributed by atoms with Crippen molar-refractivity contribution in [3.8, 4) is 0 Å². The van der Waals surface area contributed by atoms with E-state index < -0.39 is 11.8 Å². The summed E-state index contributed by atoms with van der Waals surface area (Å²) in [4.78, 5) is 19.8. The fourth-order valence-electron chi connectivity index (χ4n) is 1.46. The minimum absolute atomic E-state index is 0.201. The van der Waals surface area contributed by atoms with Crippen molar-refractivity contribution in [2.24, 2.45) is 9.98 Å². The van der Waals surface area contributed by atoms with Gasteiger partial charge in [0.25, 0.3) is 0 Å². The van der Waals surface area contributed by atoms with E-state index in [1.807, 2.05) is 0 Å². The van der Waals surface area contributed by atoms with Gasteiger partial charge in [0.15, 0.2) is 5.84 Å². The van der Waals surface area contributed by atoms with Crippen molar-refractivity contribution >= 4 is 18.0 Å². The van der Waals surface area contributed by atoms with Crippen molar-refractivity contribution in [2.45, 2.75) is 13.3 Å². The number of allylic oxidation sites excluding steroid dienone is 1. The largest absolute Gasteiger partial charge is 0.465 e. The number of halogens is 1. The third-order valence-corrected chi connectivity index (χ3v) is 2.33.